The molecule has 0 bridgehead atoms. The van der Waals surface area contributed by atoms with Crippen LogP contribution in [0.2, 0.25) is 0 Å². The van der Waals surface area contributed by atoms with Gasteiger partial charge in [0.05, 0.1) is 18.1 Å². The quantitative estimate of drug-likeness (QED) is 0.514. The number of carbonyl (C=O) groups excluding carboxylic acids is 2. The maximum Gasteiger partial charge on any atom is 0.266 e. The maximum atomic E-state index is 12.4. The van der Waals surface area contributed by atoms with Gasteiger partial charge in [-0.1, -0.05) is 12.1 Å². The lowest BCUT2D eigenvalue weighted by molar-refractivity contribution is 0.0943. The fourth-order valence-electron chi connectivity index (χ4n) is 2.29. The fraction of sp³-hybridized carbons (Fsp3) is 0.263. The highest BCUT2D eigenvalue weighted by molar-refractivity contribution is 7.89. The molecule has 0 aliphatic heterocycles. The zero-order chi connectivity index (χ0) is 20.9. The highest BCUT2D eigenvalue weighted by Crippen LogP contribution is 2.28. The third-order valence-electron chi connectivity index (χ3n) is 3.64. The number of hydrogen-bond donors (Lipinski definition) is 2. The van der Waals surface area contributed by atoms with Crippen molar-refractivity contribution in [1.82, 2.24) is 10.3 Å². The van der Waals surface area contributed by atoms with Crippen LogP contribution in [0.4, 0.5) is 0 Å². The molecule has 150 valence electrons. The van der Waals surface area contributed by atoms with Crippen molar-refractivity contribution in [3.05, 3.63) is 53.6 Å². The number of methoxy groups -OCH3 is 1. The minimum absolute atomic E-state index is 0.0776. The molecule has 0 aliphatic rings. The van der Waals surface area contributed by atoms with E-state index in [9.17, 15) is 18.0 Å². The van der Waals surface area contributed by atoms with E-state index in [0.717, 1.165) is 0 Å². The predicted octanol–water partition coefficient (Wildman–Crippen LogP) is 2.31. The summed E-state index contributed by atoms with van der Waals surface area (Å²) in [6, 6.07) is 10.0. The van der Waals surface area contributed by atoms with Gasteiger partial charge in [-0.15, -0.1) is 4.83 Å². The van der Waals surface area contributed by atoms with Crippen molar-refractivity contribution in [1.29, 1.82) is 0 Å². The summed E-state index contributed by atoms with van der Waals surface area (Å²) >= 11 is 0. The lowest BCUT2D eigenvalue weighted by Gasteiger charge is -2.14. The van der Waals surface area contributed by atoms with Crippen LogP contribution >= 0.6 is 0 Å². The first-order valence-corrected chi connectivity index (χ1v) is 9.90. The molecule has 9 heteroatoms. The van der Waals surface area contributed by atoms with Crippen LogP contribution in [0.5, 0.6) is 11.5 Å². The van der Waals surface area contributed by atoms with Crippen LogP contribution in [0.25, 0.3) is 0 Å². The third-order valence-corrected chi connectivity index (χ3v) is 4.88. The van der Waals surface area contributed by atoms with Gasteiger partial charge in [-0.2, -0.15) is 0 Å². The average molecular weight is 406 g/mol. The zero-order valence-electron chi connectivity index (χ0n) is 16.0. The Hall–Kier alpha value is -2.91. The summed E-state index contributed by atoms with van der Waals surface area (Å²) in [6.07, 6.45) is -0.0776. The minimum atomic E-state index is -4.05. The molecule has 0 atom stereocenters. The second-order valence-corrected chi connectivity index (χ2v) is 7.86. The molecule has 2 aromatic rings. The van der Waals surface area contributed by atoms with Crippen molar-refractivity contribution in [2.75, 3.05) is 7.11 Å². The van der Waals surface area contributed by atoms with Gasteiger partial charge in [0, 0.05) is 11.1 Å². The van der Waals surface area contributed by atoms with Crippen molar-refractivity contribution in [2.24, 2.45) is 0 Å². The first kappa shape index (κ1) is 21.4. The van der Waals surface area contributed by atoms with Crippen molar-refractivity contribution in [2.45, 2.75) is 31.8 Å². The Balaban J connectivity index is 2.15. The lowest BCUT2D eigenvalue weighted by Crippen LogP contribution is -2.41. The second kappa shape index (κ2) is 8.85. The summed E-state index contributed by atoms with van der Waals surface area (Å²) < 4.78 is 35.5. The molecule has 0 unspecified atom stereocenters. The topological polar surface area (TPSA) is 111 Å². The minimum Gasteiger partial charge on any atom is -0.493 e. The largest absolute Gasteiger partial charge is 0.493 e. The van der Waals surface area contributed by atoms with Gasteiger partial charge in [-0.25, -0.2) is 8.42 Å². The zero-order valence-corrected chi connectivity index (χ0v) is 16.8. The molecule has 2 rings (SSSR count). The average Bonchev–Trinajstić information content (AvgIpc) is 2.66. The highest BCUT2D eigenvalue weighted by atomic mass is 32.2. The van der Waals surface area contributed by atoms with Gasteiger partial charge < -0.3 is 9.47 Å². The predicted molar refractivity (Wildman–Crippen MR) is 103 cm³/mol. The Labute approximate surface area is 163 Å². The summed E-state index contributed by atoms with van der Waals surface area (Å²) in [4.78, 5) is 25.6. The Bertz CT molecular complexity index is 986. The number of ether oxygens (including phenoxy) is 2. The van der Waals surface area contributed by atoms with Crippen LogP contribution in [-0.4, -0.2) is 33.3 Å². The van der Waals surface area contributed by atoms with E-state index in [2.05, 4.69) is 5.43 Å². The van der Waals surface area contributed by atoms with E-state index in [1.54, 1.807) is 6.07 Å². The molecule has 0 saturated carbocycles. The molecule has 0 aromatic heterocycles. The standard InChI is InChI=1S/C19H22N2O6S/c1-12(2)27-17-9-8-15(11-18(17)26-4)19(23)20-21-28(24,25)16-7-5-6-14(10-16)13(3)22/h5-12,21H,1-4H3,(H,20,23). The molecule has 0 radical (unpaired) electrons. The van der Waals surface area contributed by atoms with Crippen LogP contribution in [0.3, 0.4) is 0 Å². The number of hydrazine groups is 1. The van der Waals surface area contributed by atoms with Crippen molar-refractivity contribution in [3.63, 3.8) is 0 Å². The van der Waals surface area contributed by atoms with Crippen LogP contribution in [-0.2, 0) is 10.0 Å². The Morgan fingerprint density at radius 3 is 2.32 bits per heavy atom. The van der Waals surface area contributed by atoms with Gasteiger partial charge in [-0.3, -0.25) is 15.0 Å². The van der Waals surface area contributed by atoms with Gasteiger partial charge in [0.1, 0.15) is 0 Å². The van der Waals surface area contributed by atoms with E-state index in [1.165, 1.54) is 50.4 Å². The maximum absolute atomic E-state index is 12.4. The third kappa shape index (κ3) is 5.30. The molecule has 0 heterocycles. The molecular weight excluding hydrogens is 384 g/mol. The Morgan fingerprint density at radius 1 is 1.00 bits per heavy atom. The fourth-order valence-corrected chi connectivity index (χ4v) is 3.17. The van der Waals surface area contributed by atoms with Crippen LogP contribution in [0, 0.1) is 0 Å². The summed E-state index contributed by atoms with van der Waals surface area (Å²) in [5.41, 5.74) is 2.56. The van der Waals surface area contributed by atoms with Gasteiger partial charge in [0.2, 0.25) is 0 Å². The molecule has 0 saturated heterocycles. The number of sulfonamides is 1. The normalized spacial score (nSPS) is 11.2. The van der Waals surface area contributed by atoms with Gasteiger partial charge >= 0.3 is 0 Å². The van der Waals surface area contributed by atoms with E-state index < -0.39 is 15.9 Å². The van der Waals surface area contributed by atoms with Crippen molar-refractivity contribution >= 4 is 21.7 Å². The molecule has 0 spiro atoms. The van der Waals surface area contributed by atoms with E-state index in [-0.39, 0.29) is 27.9 Å². The monoisotopic (exact) mass is 406 g/mol. The summed E-state index contributed by atoms with van der Waals surface area (Å²) in [5, 5.41) is 0. The number of amides is 1. The number of hydrogen-bond acceptors (Lipinski definition) is 6. The van der Waals surface area contributed by atoms with Gasteiger partial charge in [-0.05, 0) is 51.1 Å². The SMILES string of the molecule is COc1cc(C(=O)NNS(=O)(=O)c2cccc(C(C)=O)c2)ccc1OC(C)C. The number of benzene rings is 2. The number of carbonyl (C=O) groups is 2. The first-order chi connectivity index (χ1) is 13.1. The van der Waals surface area contributed by atoms with Crippen molar-refractivity contribution in [3.8, 4) is 11.5 Å². The van der Waals surface area contributed by atoms with Gasteiger partial charge in [0.15, 0.2) is 17.3 Å². The Kier molecular flexibility index (Phi) is 6.76. The highest BCUT2D eigenvalue weighted by Gasteiger charge is 2.18. The van der Waals surface area contributed by atoms with Crippen molar-refractivity contribution < 1.29 is 27.5 Å². The second-order valence-electron chi connectivity index (χ2n) is 6.18. The number of rotatable bonds is 8. The summed E-state index contributed by atoms with van der Waals surface area (Å²) in [6.45, 7) is 5.05. The van der Waals surface area contributed by atoms with Crippen LogP contribution < -0.4 is 19.7 Å². The molecule has 2 N–H and O–H groups in total. The molecule has 0 aliphatic carbocycles. The number of ketones is 1. The summed E-state index contributed by atoms with van der Waals surface area (Å²) in [7, 11) is -2.61. The Morgan fingerprint density at radius 2 is 1.71 bits per heavy atom. The van der Waals surface area contributed by atoms with Gasteiger partial charge in [0.25, 0.3) is 15.9 Å². The number of Topliss-reactive ketones (excluding diaryl/α,β-unsaturated/α-hetero) is 1. The van der Waals surface area contributed by atoms with E-state index in [4.69, 9.17) is 9.47 Å². The van der Waals surface area contributed by atoms with Crippen LogP contribution in [0.1, 0.15) is 41.5 Å². The van der Waals surface area contributed by atoms with E-state index >= 15 is 0 Å². The lowest BCUT2D eigenvalue weighted by atomic mass is 10.2. The molecule has 2 aromatic carbocycles. The smallest absolute Gasteiger partial charge is 0.266 e. The molecule has 28 heavy (non-hydrogen) atoms. The van der Waals surface area contributed by atoms with E-state index in [0.29, 0.717) is 11.5 Å². The molecule has 1 amide bonds. The molecule has 0 fully saturated rings. The molecule has 8 nitrogen and oxygen atoms in total. The first-order valence-electron chi connectivity index (χ1n) is 8.42. The number of nitrogens with one attached hydrogen (secondary N) is 2. The summed E-state index contributed by atoms with van der Waals surface area (Å²) in [5.74, 6) is -0.133. The van der Waals surface area contributed by atoms with Crippen LogP contribution in [0.15, 0.2) is 47.4 Å². The molecular formula is C19H22N2O6S. The van der Waals surface area contributed by atoms with E-state index in [1.807, 2.05) is 18.7 Å².